The van der Waals surface area contributed by atoms with Gasteiger partial charge in [0.2, 0.25) is 5.28 Å². The highest BCUT2D eigenvalue weighted by atomic mass is 35.5. The molecule has 1 aliphatic carbocycles. The number of urea groups is 1. The molecule has 0 radical (unpaired) electrons. The van der Waals surface area contributed by atoms with Crippen molar-refractivity contribution >= 4 is 23.3 Å². The molecule has 29 heavy (non-hydrogen) atoms. The second-order valence-electron chi connectivity index (χ2n) is 7.25. The minimum absolute atomic E-state index is 0.0495. The Kier molecular flexibility index (Phi) is 4.66. The molecule has 5 nitrogen and oxygen atoms in total. The van der Waals surface area contributed by atoms with E-state index in [4.69, 9.17) is 11.6 Å². The Bertz CT molecular complexity index is 1060. The molecule has 2 N–H and O–H groups in total. The van der Waals surface area contributed by atoms with Crippen molar-refractivity contribution < 1.29 is 18.0 Å². The Morgan fingerprint density at radius 2 is 2.14 bits per heavy atom. The summed E-state index contributed by atoms with van der Waals surface area (Å²) in [6.45, 7) is 0.732. The smallest absolute Gasteiger partial charge is 0.312 e. The van der Waals surface area contributed by atoms with Crippen molar-refractivity contribution in [1.29, 1.82) is 0 Å². The summed E-state index contributed by atoms with van der Waals surface area (Å²) in [4.78, 5) is 19.6. The fraction of sp³-hybridized carbons (Fsp3) is 0.350. The summed E-state index contributed by atoms with van der Waals surface area (Å²) in [5.74, 6) is 1.59. The molecule has 1 aromatic heterocycles. The zero-order valence-electron chi connectivity index (χ0n) is 15.3. The zero-order chi connectivity index (χ0) is 20.8. The molecular weight excluding hydrogens is 405 g/mol. The number of aromatic nitrogens is 2. The van der Waals surface area contributed by atoms with Crippen LogP contribution in [0, 0.1) is 23.6 Å². The molecule has 0 unspecified atom stereocenters. The van der Waals surface area contributed by atoms with Crippen LogP contribution in [0.1, 0.15) is 36.6 Å². The van der Waals surface area contributed by atoms with E-state index in [1.165, 1.54) is 12.1 Å². The number of carbonyl (C=O) groups excluding carboxylic acids is 1. The predicted octanol–water partition coefficient (Wildman–Crippen LogP) is 4.26. The molecule has 0 saturated heterocycles. The quantitative estimate of drug-likeness (QED) is 0.576. The Balaban J connectivity index is 1.77. The molecule has 1 fully saturated rings. The van der Waals surface area contributed by atoms with Gasteiger partial charge in [-0.05, 0) is 36.1 Å². The number of benzene rings is 1. The Hall–Kier alpha value is -2.79. The van der Waals surface area contributed by atoms with Crippen LogP contribution >= 0.6 is 11.6 Å². The lowest BCUT2D eigenvalue weighted by Crippen LogP contribution is -2.59. The minimum atomic E-state index is -3.34. The number of halogens is 4. The number of nitrogens with one attached hydrogen (secondary N) is 2. The van der Waals surface area contributed by atoms with Gasteiger partial charge in [-0.2, -0.15) is 0 Å². The second-order valence-corrected chi connectivity index (χ2v) is 7.59. The summed E-state index contributed by atoms with van der Waals surface area (Å²) >= 11 is 5.72. The molecule has 1 aromatic carbocycles. The first-order valence-corrected chi connectivity index (χ1v) is 9.36. The van der Waals surface area contributed by atoms with Gasteiger partial charge in [0, 0.05) is 30.5 Å². The fourth-order valence-corrected chi connectivity index (χ4v) is 3.36. The third-order valence-electron chi connectivity index (χ3n) is 4.90. The van der Waals surface area contributed by atoms with E-state index in [2.05, 4.69) is 32.4 Å². The van der Waals surface area contributed by atoms with E-state index in [9.17, 15) is 18.0 Å². The van der Waals surface area contributed by atoms with Gasteiger partial charge in [0.05, 0.1) is 11.9 Å². The molecule has 9 heteroatoms. The SMILES string of the molecule is CC(F)(F)[C@@]1(C#CC2CC2)NC(=O)Nc2cc(Cc3nc(Cl)ncc3F)ccc21. The number of amides is 2. The molecule has 2 heterocycles. The third kappa shape index (κ3) is 3.75. The molecule has 1 aliphatic heterocycles. The lowest BCUT2D eigenvalue weighted by Gasteiger charge is -2.40. The maximum Gasteiger partial charge on any atom is 0.320 e. The maximum atomic E-state index is 14.7. The summed E-state index contributed by atoms with van der Waals surface area (Å²) in [5, 5.41) is 4.76. The van der Waals surface area contributed by atoms with Crippen LogP contribution in [0.2, 0.25) is 5.28 Å². The van der Waals surface area contributed by atoms with Gasteiger partial charge in [0.25, 0.3) is 5.92 Å². The molecule has 2 amide bonds. The number of nitrogens with zero attached hydrogens (tertiary/aromatic N) is 2. The molecule has 1 saturated carbocycles. The van der Waals surface area contributed by atoms with Crippen molar-refractivity contribution in [2.24, 2.45) is 5.92 Å². The van der Waals surface area contributed by atoms with Crippen LogP contribution in [0.4, 0.5) is 23.7 Å². The van der Waals surface area contributed by atoms with E-state index < -0.39 is 23.3 Å². The summed E-state index contributed by atoms with van der Waals surface area (Å²) in [6, 6.07) is 3.78. The van der Waals surface area contributed by atoms with Crippen molar-refractivity contribution in [2.45, 2.75) is 37.6 Å². The zero-order valence-corrected chi connectivity index (χ0v) is 16.1. The van der Waals surface area contributed by atoms with Crippen LogP contribution in [-0.4, -0.2) is 21.9 Å². The van der Waals surface area contributed by atoms with Gasteiger partial charge >= 0.3 is 6.03 Å². The number of alkyl halides is 2. The predicted molar refractivity (Wildman–Crippen MR) is 101 cm³/mol. The first-order valence-electron chi connectivity index (χ1n) is 8.98. The third-order valence-corrected chi connectivity index (χ3v) is 5.08. The largest absolute Gasteiger partial charge is 0.320 e. The van der Waals surface area contributed by atoms with Gasteiger partial charge in [-0.15, -0.1) is 0 Å². The van der Waals surface area contributed by atoms with Gasteiger partial charge in [-0.1, -0.05) is 24.0 Å². The van der Waals surface area contributed by atoms with E-state index in [0.29, 0.717) is 5.56 Å². The number of fused-ring (bicyclic) bond motifs is 1. The van der Waals surface area contributed by atoms with Crippen molar-refractivity contribution in [1.82, 2.24) is 15.3 Å². The number of hydrogen-bond acceptors (Lipinski definition) is 3. The van der Waals surface area contributed by atoms with Crippen molar-refractivity contribution in [3.05, 3.63) is 52.3 Å². The fourth-order valence-electron chi connectivity index (χ4n) is 3.21. The molecule has 0 spiro atoms. The highest BCUT2D eigenvalue weighted by Crippen LogP contribution is 2.43. The lowest BCUT2D eigenvalue weighted by molar-refractivity contribution is -0.0464. The summed E-state index contributed by atoms with van der Waals surface area (Å²) < 4.78 is 43.3. The first-order chi connectivity index (χ1) is 13.7. The summed E-state index contributed by atoms with van der Waals surface area (Å²) in [7, 11) is 0. The van der Waals surface area contributed by atoms with Gasteiger partial charge in [-0.3, -0.25) is 0 Å². The number of anilines is 1. The number of rotatable bonds is 3. The van der Waals surface area contributed by atoms with Gasteiger partial charge in [0.15, 0.2) is 11.4 Å². The van der Waals surface area contributed by atoms with E-state index in [1.807, 2.05) is 0 Å². The highest BCUT2D eigenvalue weighted by molar-refractivity contribution is 6.28. The standard InChI is InChI=1S/C20H16ClF3N4O/c1-19(23,24)20(7-6-11-2-3-11)13-5-4-12(8-15(13)27-18(29)28-20)9-16-14(22)10-25-17(21)26-16/h4-5,8,10-11H,2-3,9H2,1H3,(H2,27,28,29)/t20-/m0/s1. The van der Waals surface area contributed by atoms with Crippen LogP contribution in [0.5, 0.6) is 0 Å². The molecule has 4 rings (SSSR count). The highest BCUT2D eigenvalue weighted by Gasteiger charge is 2.55. The molecule has 2 aromatic rings. The topological polar surface area (TPSA) is 66.9 Å². The molecule has 1 atom stereocenters. The van der Waals surface area contributed by atoms with Crippen LogP contribution in [0.25, 0.3) is 0 Å². The second kappa shape index (κ2) is 6.92. The van der Waals surface area contributed by atoms with Gasteiger partial charge in [0.1, 0.15) is 0 Å². The Morgan fingerprint density at radius 1 is 1.38 bits per heavy atom. The van der Waals surface area contributed by atoms with Crippen LogP contribution in [0.3, 0.4) is 0 Å². The van der Waals surface area contributed by atoms with Gasteiger partial charge < -0.3 is 10.6 Å². The summed E-state index contributed by atoms with van der Waals surface area (Å²) in [5.41, 5.74) is -1.18. The van der Waals surface area contributed by atoms with Crippen LogP contribution < -0.4 is 10.6 Å². The van der Waals surface area contributed by atoms with E-state index in [1.54, 1.807) is 6.07 Å². The van der Waals surface area contributed by atoms with Crippen LogP contribution in [-0.2, 0) is 12.0 Å². The lowest BCUT2D eigenvalue weighted by atomic mass is 9.81. The molecule has 0 bridgehead atoms. The van der Waals surface area contributed by atoms with E-state index in [-0.39, 0.29) is 34.6 Å². The number of hydrogen-bond donors (Lipinski definition) is 2. The Morgan fingerprint density at radius 3 is 2.83 bits per heavy atom. The molecular formula is C20H16ClF3N4O. The normalized spacial score (nSPS) is 20.8. The first kappa shape index (κ1) is 19.5. The van der Waals surface area contributed by atoms with Crippen molar-refractivity contribution in [3.63, 3.8) is 0 Å². The van der Waals surface area contributed by atoms with E-state index in [0.717, 1.165) is 26.0 Å². The average Bonchev–Trinajstić information content (AvgIpc) is 3.46. The minimum Gasteiger partial charge on any atom is -0.312 e. The van der Waals surface area contributed by atoms with E-state index >= 15 is 0 Å². The molecule has 150 valence electrons. The van der Waals surface area contributed by atoms with Crippen molar-refractivity contribution in [2.75, 3.05) is 5.32 Å². The number of carbonyl (C=O) groups is 1. The Labute approximate surface area is 170 Å². The molecule has 2 aliphatic rings. The van der Waals surface area contributed by atoms with Crippen LogP contribution in [0.15, 0.2) is 24.4 Å². The van der Waals surface area contributed by atoms with Gasteiger partial charge in [-0.25, -0.2) is 27.9 Å². The maximum absolute atomic E-state index is 14.7. The summed E-state index contributed by atoms with van der Waals surface area (Å²) in [6.07, 6.45) is 2.74. The average molecular weight is 421 g/mol. The monoisotopic (exact) mass is 420 g/mol. The van der Waals surface area contributed by atoms with Crippen molar-refractivity contribution in [3.8, 4) is 11.8 Å².